The predicted molar refractivity (Wildman–Crippen MR) is 110 cm³/mol. The Hall–Kier alpha value is -3.03. The summed E-state index contributed by atoms with van der Waals surface area (Å²) in [4.78, 5) is 32.3. The monoisotopic (exact) mass is 394 g/mol. The average molecular weight is 394 g/mol. The Morgan fingerprint density at radius 3 is 2.83 bits per heavy atom. The highest BCUT2D eigenvalue weighted by Gasteiger charge is 2.29. The lowest BCUT2D eigenvalue weighted by Crippen LogP contribution is -2.40. The first-order valence-electron chi connectivity index (χ1n) is 10.3. The molecule has 1 aliphatic heterocycles. The summed E-state index contributed by atoms with van der Waals surface area (Å²) in [6.45, 7) is 3.89. The van der Waals surface area contributed by atoms with E-state index >= 15 is 0 Å². The second-order valence-electron chi connectivity index (χ2n) is 7.59. The Morgan fingerprint density at radius 2 is 2.07 bits per heavy atom. The van der Waals surface area contributed by atoms with E-state index in [4.69, 9.17) is 0 Å². The van der Waals surface area contributed by atoms with Crippen molar-refractivity contribution in [3.63, 3.8) is 0 Å². The van der Waals surface area contributed by atoms with Crippen LogP contribution in [0.5, 0.6) is 0 Å². The van der Waals surface area contributed by atoms with Gasteiger partial charge in [0.25, 0.3) is 11.5 Å². The van der Waals surface area contributed by atoms with Crippen molar-refractivity contribution in [3.05, 3.63) is 52.5 Å². The van der Waals surface area contributed by atoms with Crippen molar-refractivity contribution in [2.75, 3.05) is 13.1 Å². The first-order chi connectivity index (χ1) is 14.2. The summed E-state index contributed by atoms with van der Waals surface area (Å²) in [6.07, 6.45) is 6.30. The van der Waals surface area contributed by atoms with Crippen LogP contribution in [0.1, 0.15) is 61.3 Å². The quantitative estimate of drug-likeness (QED) is 0.649. The van der Waals surface area contributed by atoms with E-state index in [1.54, 1.807) is 6.07 Å². The third-order valence-electron chi connectivity index (χ3n) is 5.57. The number of hydrogen-bond acceptors (Lipinski definition) is 5. The number of rotatable bonds is 6. The summed E-state index contributed by atoms with van der Waals surface area (Å²) in [5.41, 5.74) is 0.223. The van der Waals surface area contributed by atoms with Crippen molar-refractivity contribution >= 4 is 16.7 Å². The second-order valence-corrected chi connectivity index (χ2v) is 7.59. The normalized spacial score (nSPS) is 17.0. The van der Waals surface area contributed by atoms with Gasteiger partial charge in [0.1, 0.15) is 12.2 Å². The molecule has 0 radical (unpaired) electrons. The van der Waals surface area contributed by atoms with Crippen molar-refractivity contribution in [2.24, 2.45) is 0 Å². The molecule has 1 aliphatic rings. The fourth-order valence-corrected chi connectivity index (χ4v) is 4.00. The molecule has 4 rings (SSSR count). The Balaban J connectivity index is 1.67. The van der Waals surface area contributed by atoms with Gasteiger partial charge in [-0.3, -0.25) is 14.7 Å². The van der Waals surface area contributed by atoms with E-state index in [2.05, 4.69) is 27.2 Å². The number of amides is 1. The summed E-state index contributed by atoms with van der Waals surface area (Å²) in [6, 6.07) is 7.26. The van der Waals surface area contributed by atoms with Crippen molar-refractivity contribution in [1.29, 1.82) is 0 Å². The molecule has 0 bridgehead atoms. The van der Waals surface area contributed by atoms with Gasteiger partial charge in [-0.15, -0.1) is 0 Å². The van der Waals surface area contributed by atoms with Gasteiger partial charge in [-0.25, -0.2) is 9.67 Å². The highest BCUT2D eigenvalue weighted by Crippen LogP contribution is 2.26. The first-order valence-corrected chi connectivity index (χ1v) is 10.3. The van der Waals surface area contributed by atoms with Crippen molar-refractivity contribution in [3.8, 4) is 0 Å². The van der Waals surface area contributed by atoms with E-state index in [1.807, 2.05) is 23.1 Å². The van der Waals surface area contributed by atoms with Crippen LogP contribution in [0.25, 0.3) is 10.8 Å². The van der Waals surface area contributed by atoms with Gasteiger partial charge in [0, 0.05) is 30.9 Å². The number of piperidine rings is 1. The third kappa shape index (κ3) is 3.92. The van der Waals surface area contributed by atoms with Crippen molar-refractivity contribution in [2.45, 2.75) is 51.5 Å². The summed E-state index contributed by atoms with van der Waals surface area (Å²) in [7, 11) is 0. The average Bonchev–Trinajstić information content (AvgIpc) is 3.30. The van der Waals surface area contributed by atoms with E-state index in [0.717, 1.165) is 37.9 Å². The third-order valence-corrected chi connectivity index (χ3v) is 5.57. The molecule has 8 nitrogen and oxygen atoms in total. The molecule has 0 saturated carbocycles. The number of hydrogen-bond donors (Lipinski definition) is 1. The number of aromatic amines is 1. The number of benzene rings is 1. The van der Waals surface area contributed by atoms with Gasteiger partial charge in [0.2, 0.25) is 0 Å². The molecule has 1 aromatic carbocycles. The van der Waals surface area contributed by atoms with Gasteiger partial charge in [-0.05, 0) is 25.3 Å². The molecule has 3 heterocycles. The Labute approximate surface area is 168 Å². The van der Waals surface area contributed by atoms with Gasteiger partial charge in [0.15, 0.2) is 5.69 Å². The molecule has 8 heteroatoms. The van der Waals surface area contributed by atoms with Gasteiger partial charge in [0.05, 0.1) is 5.39 Å². The summed E-state index contributed by atoms with van der Waals surface area (Å²) < 4.78 is 1.46. The Kier molecular flexibility index (Phi) is 5.69. The van der Waals surface area contributed by atoms with Gasteiger partial charge in [-0.1, -0.05) is 38.0 Å². The van der Waals surface area contributed by atoms with E-state index in [-0.39, 0.29) is 17.4 Å². The summed E-state index contributed by atoms with van der Waals surface area (Å²) in [5.74, 6) is 0.816. The molecule has 0 spiro atoms. The molecule has 1 saturated heterocycles. The predicted octanol–water partition coefficient (Wildman–Crippen LogP) is 2.72. The molecular formula is C21H26N6O2. The standard InChI is InChI=1S/C21H26N6O2/c1-2-3-6-12-27-20(28)17-10-5-4-9-16(17)18(25-27)21(29)26-11-7-8-15(13-26)19-22-14-23-24-19/h4-5,9-10,14-15H,2-3,6-8,11-13H2,1H3,(H,22,23,24)/t15-/m0/s1. The van der Waals surface area contributed by atoms with Crippen LogP contribution in [0.15, 0.2) is 35.4 Å². The maximum atomic E-state index is 13.4. The number of likely N-dealkylation sites (tertiary alicyclic amines) is 1. The molecule has 2 aromatic heterocycles. The van der Waals surface area contributed by atoms with Crippen LogP contribution in [0.2, 0.25) is 0 Å². The topological polar surface area (TPSA) is 96.8 Å². The lowest BCUT2D eigenvalue weighted by Gasteiger charge is -2.31. The van der Waals surface area contributed by atoms with Crippen LogP contribution in [-0.4, -0.2) is 48.9 Å². The highest BCUT2D eigenvalue weighted by atomic mass is 16.2. The number of aromatic nitrogens is 5. The lowest BCUT2D eigenvalue weighted by molar-refractivity contribution is 0.0698. The van der Waals surface area contributed by atoms with E-state index < -0.39 is 0 Å². The molecule has 3 aromatic rings. The maximum Gasteiger partial charge on any atom is 0.274 e. The van der Waals surface area contributed by atoms with Gasteiger partial charge < -0.3 is 4.90 Å². The molecule has 29 heavy (non-hydrogen) atoms. The minimum absolute atomic E-state index is 0.130. The number of H-pyrrole nitrogens is 1. The van der Waals surface area contributed by atoms with Gasteiger partial charge >= 0.3 is 0 Å². The lowest BCUT2D eigenvalue weighted by atomic mass is 9.97. The Bertz CT molecular complexity index is 1040. The van der Waals surface area contributed by atoms with E-state index in [9.17, 15) is 9.59 Å². The minimum atomic E-state index is -0.133. The smallest absolute Gasteiger partial charge is 0.274 e. The number of carbonyl (C=O) groups excluding carboxylic acids is 1. The Morgan fingerprint density at radius 1 is 1.24 bits per heavy atom. The maximum absolute atomic E-state index is 13.4. The fourth-order valence-electron chi connectivity index (χ4n) is 4.00. The molecule has 1 fully saturated rings. The SMILES string of the molecule is CCCCCn1nc(C(=O)N2CCC[C@H](c3ncn[nH]3)C2)c2ccccc2c1=O. The number of unbranched alkanes of at least 4 members (excludes halogenated alkanes) is 2. The van der Waals surface area contributed by atoms with Crippen LogP contribution in [0.4, 0.5) is 0 Å². The molecular weight excluding hydrogens is 368 g/mol. The fraction of sp³-hybridized carbons (Fsp3) is 0.476. The number of carbonyl (C=O) groups is 1. The van der Waals surface area contributed by atoms with Crippen LogP contribution in [0, 0.1) is 0 Å². The summed E-state index contributed by atoms with van der Waals surface area (Å²) in [5, 5.41) is 12.5. The largest absolute Gasteiger partial charge is 0.337 e. The molecule has 0 unspecified atom stereocenters. The van der Waals surface area contributed by atoms with Crippen LogP contribution < -0.4 is 5.56 Å². The van der Waals surface area contributed by atoms with Crippen molar-refractivity contribution in [1.82, 2.24) is 29.9 Å². The minimum Gasteiger partial charge on any atom is -0.337 e. The molecule has 1 atom stereocenters. The van der Waals surface area contributed by atoms with Crippen LogP contribution >= 0.6 is 0 Å². The second kappa shape index (κ2) is 8.55. The van der Waals surface area contributed by atoms with Crippen LogP contribution in [0.3, 0.4) is 0 Å². The number of fused-ring (bicyclic) bond motifs is 1. The molecule has 1 amide bonds. The zero-order valence-electron chi connectivity index (χ0n) is 16.7. The zero-order chi connectivity index (χ0) is 20.2. The van der Waals surface area contributed by atoms with Gasteiger partial charge in [-0.2, -0.15) is 10.2 Å². The first kappa shape index (κ1) is 19.3. The number of aryl methyl sites for hydroxylation is 1. The summed E-state index contributed by atoms with van der Waals surface area (Å²) >= 11 is 0. The van der Waals surface area contributed by atoms with E-state index in [0.29, 0.717) is 36.1 Å². The van der Waals surface area contributed by atoms with E-state index in [1.165, 1.54) is 11.0 Å². The zero-order valence-corrected chi connectivity index (χ0v) is 16.7. The molecule has 0 aliphatic carbocycles. The molecule has 152 valence electrons. The number of nitrogens with one attached hydrogen (secondary N) is 1. The highest BCUT2D eigenvalue weighted by molar-refractivity contribution is 6.04. The van der Waals surface area contributed by atoms with Crippen LogP contribution in [-0.2, 0) is 6.54 Å². The van der Waals surface area contributed by atoms with Crippen molar-refractivity contribution < 1.29 is 4.79 Å². The number of nitrogens with zero attached hydrogens (tertiary/aromatic N) is 5. The molecule has 1 N–H and O–H groups in total.